The first-order valence-electron chi connectivity index (χ1n) is 20.0. The molecule has 0 bridgehead atoms. The van der Waals surface area contributed by atoms with E-state index in [4.69, 9.17) is 4.42 Å². The fraction of sp³-hybridized carbons (Fsp3) is 0.0357. The van der Waals surface area contributed by atoms with E-state index in [0.29, 0.717) is 0 Å². The average molecular weight is 742 g/mol. The lowest BCUT2D eigenvalue weighted by atomic mass is 9.74. The summed E-state index contributed by atoms with van der Waals surface area (Å²) in [6.07, 6.45) is 0. The van der Waals surface area contributed by atoms with Gasteiger partial charge in [0.05, 0.1) is 0 Å². The van der Waals surface area contributed by atoms with Gasteiger partial charge in [-0.3, -0.25) is 0 Å². The molecule has 2 heteroatoms. The third-order valence-corrected chi connectivity index (χ3v) is 12.2. The van der Waals surface area contributed by atoms with Crippen LogP contribution in [0, 0.1) is 0 Å². The summed E-state index contributed by atoms with van der Waals surface area (Å²) in [5.41, 5.74) is 18.3. The van der Waals surface area contributed by atoms with Crippen molar-refractivity contribution in [2.45, 2.75) is 12.3 Å². The van der Waals surface area contributed by atoms with E-state index in [1.54, 1.807) is 0 Å². The molecule has 2 nitrogen and oxygen atoms in total. The molecule has 11 rings (SSSR count). The van der Waals surface area contributed by atoms with Gasteiger partial charge in [0.25, 0.3) is 0 Å². The first-order chi connectivity index (χ1) is 28.6. The molecule has 1 heterocycles. The lowest BCUT2D eigenvalue weighted by molar-refractivity contribution is 0.667. The topological polar surface area (TPSA) is 16.4 Å². The van der Waals surface area contributed by atoms with Crippen LogP contribution >= 0.6 is 0 Å². The highest BCUT2D eigenvalue weighted by molar-refractivity contribution is 6.13. The molecule has 10 aromatic rings. The van der Waals surface area contributed by atoms with Crippen LogP contribution < -0.4 is 4.90 Å². The van der Waals surface area contributed by atoms with Gasteiger partial charge in [-0.2, -0.15) is 0 Å². The summed E-state index contributed by atoms with van der Waals surface area (Å²) in [5, 5.41) is 2.26. The van der Waals surface area contributed by atoms with Crippen molar-refractivity contribution in [3.63, 3.8) is 0 Å². The molecule has 0 fully saturated rings. The van der Waals surface area contributed by atoms with E-state index in [0.717, 1.165) is 50.1 Å². The van der Waals surface area contributed by atoms with Crippen molar-refractivity contribution in [3.8, 4) is 44.5 Å². The summed E-state index contributed by atoms with van der Waals surface area (Å²) >= 11 is 0. The molecule has 1 aliphatic carbocycles. The zero-order valence-electron chi connectivity index (χ0n) is 32.1. The number of hydrogen-bond acceptors (Lipinski definition) is 2. The van der Waals surface area contributed by atoms with Crippen LogP contribution in [0.15, 0.2) is 223 Å². The first kappa shape index (κ1) is 33.9. The first-order valence-corrected chi connectivity index (χ1v) is 20.0. The van der Waals surface area contributed by atoms with Gasteiger partial charge < -0.3 is 9.32 Å². The zero-order valence-corrected chi connectivity index (χ0v) is 32.1. The molecule has 1 aromatic heterocycles. The lowest BCUT2D eigenvalue weighted by Crippen LogP contribution is -2.22. The van der Waals surface area contributed by atoms with Gasteiger partial charge in [-0.15, -0.1) is 0 Å². The fourth-order valence-corrected chi connectivity index (χ4v) is 9.27. The minimum Gasteiger partial charge on any atom is -0.456 e. The monoisotopic (exact) mass is 741 g/mol. The Morgan fingerprint density at radius 1 is 0.362 bits per heavy atom. The Kier molecular flexibility index (Phi) is 7.97. The van der Waals surface area contributed by atoms with E-state index in [-0.39, 0.29) is 5.41 Å². The second-order valence-corrected chi connectivity index (χ2v) is 15.4. The summed E-state index contributed by atoms with van der Waals surface area (Å²) in [7, 11) is 0. The van der Waals surface area contributed by atoms with Crippen LogP contribution in [0.3, 0.4) is 0 Å². The third kappa shape index (κ3) is 5.49. The Hall–Kier alpha value is -7.42. The lowest BCUT2D eigenvalue weighted by Gasteiger charge is -2.28. The molecular weight excluding hydrogens is 703 g/mol. The minimum absolute atomic E-state index is 0.299. The normalized spacial score (nSPS) is 12.7. The van der Waals surface area contributed by atoms with Crippen molar-refractivity contribution >= 4 is 39.0 Å². The second kappa shape index (κ2) is 13.7. The van der Waals surface area contributed by atoms with E-state index in [1.165, 1.54) is 50.1 Å². The van der Waals surface area contributed by atoms with Gasteiger partial charge in [0, 0.05) is 33.2 Å². The molecule has 0 unspecified atom stereocenters. The van der Waals surface area contributed by atoms with Crippen LogP contribution in [0.2, 0.25) is 0 Å². The maximum atomic E-state index is 6.61. The molecule has 0 spiro atoms. The molecule has 0 amide bonds. The molecule has 0 radical (unpaired) electrons. The molecule has 0 N–H and O–H groups in total. The van der Waals surface area contributed by atoms with Crippen molar-refractivity contribution in [1.29, 1.82) is 0 Å². The van der Waals surface area contributed by atoms with Gasteiger partial charge in [0.2, 0.25) is 0 Å². The number of furan rings is 1. The summed E-state index contributed by atoms with van der Waals surface area (Å²) < 4.78 is 6.61. The van der Waals surface area contributed by atoms with E-state index >= 15 is 0 Å². The Morgan fingerprint density at radius 3 is 1.47 bits per heavy atom. The third-order valence-electron chi connectivity index (χ3n) is 12.2. The standard InChI is InChI=1S/C56H39NO/c1-56(51-23-10-8-20-48(51)49-21-9-11-24-52(49)56)43-30-35-53-50(37-43)55-47(22-13-25-54(55)58-53)42-18-12-19-46(36-42)57(44-31-26-40(27-32-44)38-14-4-2-5-15-38)45-33-28-41(29-34-45)39-16-6-3-7-17-39/h2-37H,1H3. The highest BCUT2D eigenvalue weighted by Gasteiger charge is 2.40. The maximum absolute atomic E-state index is 6.61. The molecule has 0 saturated carbocycles. The second-order valence-electron chi connectivity index (χ2n) is 15.4. The van der Waals surface area contributed by atoms with E-state index in [1.807, 2.05) is 0 Å². The number of hydrogen-bond donors (Lipinski definition) is 0. The van der Waals surface area contributed by atoms with Crippen LogP contribution in [0.5, 0.6) is 0 Å². The highest BCUT2D eigenvalue weighted by Crippen LogP contribution is 2.53. The Morgan fingerprint density at radius 2 is 0.862 bits per heavy atom. The SMILES string of the molecule is CC1(c2ccc3oc4cccc(-c5cccc(N(c6ccc(-c7ccccc7)cc6)c6ccc(-c7ccccc7)cc6)c5)c4c3c2)c2ccccc2-c2ccccc21. The molecule has 58 heavy (non-hydrogen) atoms. The van der Waals surface area contributed by atoms with E-state index in [2.05, 4.69) is 230 Å². The Balaban J connectivity index is 1.04. The average Bonchev–Trinajstić information content (AvgIpc) is 3.81. The van der Waals surface area contributed by atoms with Gasteiger partial charge in [-0.05, 0) is 123 Å². The summed E-state index contributed by atoms with van der Waals surface area (Å²) in [6, 6.07) is 78.8. The Labute approximate surface area is 338 Å². The van der Waals surface area contributed by atoms with Gasteiger partial charge in [-0.1, -0.05) is 164 Å². The molecular formula is C56H39NO. The van der Waals surface area contributed by atoms with Crippen molar-refractivity contribution in [1.82, 2.24) is 0 Å². The van der Waals surface area contributed by atoms with Gasteiger partial charge in [-0.25, -0.2) is 0 Å². The molecule has 0 saturated heterocycles. The van der Waals surface area contributed by atoms with Crippen molar-refractivity contribution in [3.05, 3.63) is 235 Å². The summed E-state index contributed by atoms with van der Waals surface area (Å²) in [4.78, 5) is 2.36. The van der Waals surface area contributed by atoms with Crippen LogP contribution in [-0.4, -0.2) is 0 Å². The van der Waals surface area contributed by atoms with Gasteiger partial charge in [0.15, 0.2) is 0 Å². The summed E-state index contributed by atoms with van der Waals surface area (Å²) in [6.45, 7) is 2.37. The zero-order chi connectivity index (χ0) is 38.6. The van der Waals surface area contributed by atoms with Crippen LogP contribution in [0.4, 0.5) is 17.1 Å². The maximum Gasteiger partial charge on any atom is 0.136 e. The minimum atomic E-state index is -0.299. The van der Waals surface area contributed by atoms with Crippen LogP contribution in [0.25, 0.3) is 66.4 Å². The number of fused-ring (bicyclic) bond motifs is 6. The number of nitrogens with zero attached hydrogens (tertiary/aromatic N) is 1. The molecule has 274 valence electrons. The van der Waals surface area contributed by atoms with E-state index in [9.17, 15) is 0 Å². The molecule has 9 aromatic carbocycles. The van der Waals surface area contributed by atoms with Crippen LogP contribution in [-0.2, 0) is 5.41 Å². The molecule has 1 aliphatic rings. The van der Waals surface area contributed by atoms with Crippen LogP contribution in [0.1, 0.15) is 23.6 Å². The predicted octanol–water partition coefficient (Wildman–Crippen LogP) is 15.4. The smallest absolute Gasteiger partial charge is 0.136 e. The van der Waals surface area contributed by atoms with Crippen molar-refractivity contribution < 1.29 is 4.42 Å². The molecule has 0 atom stereocenters. The number of anilines is 3. The Bertz CT molecular complexity index is 2980. The molecule has 0 aliphatic heterocycles. The van der Waals surface area contributed by atoms with Crippen molar-refractivity contribution in [2.75, 3.05) is 4.90 Å². The largest absolute Gasteiger partial charge is 0.456 e. The quantitative estimate of drug-likeness (QED) is 0.162. The fourth-order valence-electron chi connectivity index (χ4n) is 9.27. The van der Waals surface area contributed by atoms with E-state index < -0.39 is 0 Å². The summed E-state index contributed by atoms with van der Waals surface area (Å²) in [5.74, 6) is 0. The predicted molar refractivity (Wildman–Crippen MR) is 242 cm³/mol. The van der Waals surface area contributed by atoms with Gasteiger partial charge in [0.1, 0.15) is 11.2 Å². The van der Waals surface area contributed by atoms with Crippen molar-refractivity contribution in [2.24, 2.45) is 0 Å². The number of benzene rings is 9. The highest BCUT2D eigenvalue weighted by atomic mass is 16.3. The van der Waals surface area contributed by atoms with Gasteiger partial charge >= 0.3 is 0 Å². The number of rotatable bonds is 7.